The van der Waals surface area contributed by atoms with E-state index >= 15 is 0 Å². The molecule has 0 fully saturated rings. The highest BCUT2D eigenvalue weighted by Gasteiger charge is 2.07. The van der Waals surface area contributed by atoms with Gasteiger partial charge in [0.2, 0.25) is 5.91 Å². The molecule has 0 saturated carbocycles. The van der Waals surface area contributed by atoms with Crippen LogP contribution in [0.2, 0.25) is 10.0 Å². The standard InChI is InChI=1S/C25H24Cl2N2O3S/c1-17-3-7-20(8-4-17)33-12-11-25(30)29-28-15-18-6-10-23(24(14-18)31-2)32-16-19-5-9-21(26)22(27)13-19/h3-10,13-15H,11-12,16H2,1-2H3,(H,29,30)/b28-15-. The van der Waals surface area contributed by atoms with Gasteiger partial charge in [-0.25, -0.2) is 5.43 Å². The third-order valence-electron chi connectivity index (χ3n) is 4.59. The van der Waals surface area contributed by atoms with Crippen LogP contribution in [-0.2, 0) is 11.4 Å². The summed E-state index contributed by atoms with van der Waals surface area (Å²) in [5.74, 6) is 1.68. The Balaban J connectivity index is 1.48. The molecule has 33 heavy (non-hydrogen) atoms. The van der Waals surface area contributed by atoms with Crippen LogP contribution in [0, 0.1) is 6.92 Å². The van der Waals surface area contributed by atoms with Crippen LogP contribution in [0.25, 0.3) is 0 Å². The lowest BCUT2D eigenvalue weighted by Gasteiger charge is -2.11. The van der Waals surface area contributed by atoms with E-state index < -0.39 is 0 Å². The third-order valence-corrected chi connectivity index (χ3v) is 6.34. The Morgan fingerprint density at radius 2 is 1.82 bits per heavy atom. The van der Waals surface area contributed by atoms with Crippen molar-refractivity contribution < 1.29 is 14.3 Å². The van der Waals surface area contributed by atoms with Gasteiger partial charge in [0.15, 0.2) is 11.5 Å². The lowest BCUT2D eigenvalue weighted by Crippen LogP contribution is -2.17. The lowest BCUT2D eigenvalue weighted by atomic mass is 10.2. The zero-order valence-corrected chi connectivity index (χ0v) is 20.6. The largest absolute Gasteiger partial charge is 0.493 e. The smallest absolute Gasteiger partial charge is 0.240 e. The van der Waals surface area contributed by atoms with E-state index in [-0.39, 0.29) is 5.91 Å². The van der Waals surface area contributed by atoms with E-state index in [0.29, 0.717) is 40.3 Å². The number of rotatable bonds is 10. The Labute approximate surface area is 208 Å². The predicted molar refractivity (Wildman–Crippen MR) is 136 cm³/mol. The second-order valence-corrected chi connectivity index (χ2v) is 9.13. The third kappa shape index (κ3) is 8.00. The highest BCUT2D eigenvalue weighted by atomic mass is 35.5. The van der Waals surface area contributed by atoms with E-state index in [1.165, 1.54) is 5.56 Å². The first-order valence-corrected chi connectivity index (χ1v) is 11.9. The Kier molecular flexibility index (Phi) is 9.48. The number of hydrogen-bond acceptors (Lipinski definition) is 5. The summed E-state index contributed by atoms with van der Waals surface area (Å²) in [6, 6.07) is 19.0. The zero-order valence-electron chi connectivity index (χ0n) is 18.3. The van der Waals surface area contributed by atoms with E-state index in [9.17, 15) is 4.79 Å². The van der Waals surface area contributed by atoms with E-state index in [2.05, 4.69) is 34.8 Å². The normalized spacial score (nSPS) is 10.9. The number of nitrogens with one attached hydrogen (secondary N) is 1. The molecule has 0 aliphatic rings. The summed E-state index contributed by atoms with van der Waals surface area (Å²) in [5.41, 5.74) is 5.43. The van der Waals surface area contributed by atoms with Crippen molar-refractivity contribution in [1.82, 2.24) is 5.43 Å². The van der Waals surface area contributed by atoms with Crippen molar-refractivity contribution in [3.8, 4) is 11.5 Å². The number of methoxy groups -OCH3 is 1. The zero-order chi connectivity index (χ0) is 23.6. The van der Waals surface area contributed by atoms with E-state index in [0.717, 1.165) is 16.0 Å². The van der Waals surface area contributed by atoms with Gasteiger partial charge in [-0.2, -0.15) is 5.10 Å². The number of benzene rings is 3. The number of hydrazone groups is 1. The maximum Gasteiger partial charge on any atom is 0.240 e. The van der Waals surface area contributed by atoms with Crippen LogP contribution in [0.1, 0.15) is 23.1 Å². The molecule has 0 aliphatic carbocycles. The molecule has 0 saturated heterocycles. The summed E-state index contributed by atoms with van der Waals surface area (Å²) in [4.78, 5) is 13.2. The minimum atomic E-state index is -0.139. The summed E-state index contributed by atoms with van der Waals surface area (Å²) in [6.45, 7) is 2.37. The molecule has 0 aromatic heterocycles. The Morgan fingerprint density at radius 3 is 2.55 bits per heavy atom. The molecule has 172 valence electrons. The molecule has 8 heteroatoms. The summed E-state index contributed by atoms with van der Waals surface area (Å²) in [7, 11) is 1.57. The number of hydrogen-bond donors (Lipinski definition) is 1. The number of carbonyl (C=O) groups excluding carboxylic acids is 1. The molecule has 3 rings (SSSR count). The molecule has 0 bridgehead atoms. The van der Waals surface area contributed by atoms with Gasteiger partial charge in [-0.15, -0.1) is 11.8 Å². The second kappa shape index (κ2) is 12.5. The first kappa shape index (κ1) is 25.0. The van der Waals surface area contributed by atoms with Crippen molar-refractivity contribution in [2.45, 2.75) is 24.8 Å². The Hall–Kier alpha value is -2.67. The van der Waals surface area contributed by atoms with Crippen LogP contribution in [0.4, 0.5) is 0 Å². The van der Waals surface area contributed by atoms with Crippen molar-refractivity contribution in [2.75, 3.05) is 12.9 Å². The maximum atomic E-state index is 12.0. The Bertz CT molecular complexity index is 1120. The van der Waals surface area contributed by atoms with Crippen LogP contribution in [0.3, 0.4) is 0 Å². The van der Waals surface area contributed by atoms with Crippen molar-refractivity contribution in [3.63, 3.8) is 0 Å². The summed E-state index contributed by atoms with van der Waals surface area (Å²) >= 11 is 13.6. The number of amides is 1. The minimum Gasteiger partial charge on any atom is -0.493 e. The molecule has 3 aromatic rings. The lowest BCUT2D eigenvalue weighted by molar-refractivity contribution is -0.120. The van der Waals surface area contributed by atoms with Crippen LogP contribution >= 0.6 is 35.0 Å². The van der Waals surface area contributed by atoms with Gasteiger partial charge in [-0.3, -0.25) is 4.79 Å². The monoisotopic (exact) mass is 502 g/mol. The molecule has 5 nitrogen and oxygen atoms in total. The van der Waals surface area contributed by atoms with Gasteiger partial charge >= 0.3 is 0 Å². The van der Waals surface area contributed by atoms with Crippen molar-refractivity contribution in [1.29, 1.82) is 0 Å². The molecule has 0 unspecified atom stereocenters. The number of aryl methyl sites for hydroxylation is 1. The predicted octanol–water partition coefficient (Wildman–Crippen LogP) is 6.52. The van der Waals surface area contributed by atoms with Gasteiger partial charge in [0.05, 0.1) is 23.4 Å². The van der Waals surface area contributed by atoms with Gasteiger partial charge in [-0.1, -0.05) is 47.0 Å². The maximum absolute atomic E-state index is 12.0. The molecule has 1 amide bonds. The molecule has 0 atom stereocenters. The van der Waals surface area contributed by atoms with E-state index in [4.69, 9.17) is 32.7 Å². The topological polar surface area (TPSA) is 59.9 Å². The summed E-state index contributed by atoms with van der Waals surface area (Å²) in [5, 5.41) is 5.02. The van der Waals surface area contributed by atoms with Crippen molar-refractivity contribution in [3.05, 3.63) is 87.4 Å². The van der Waals surface area contributed by atoms with Gasteiger partial charge < -0.3 is 9.47 Å². The molecular formula is C25H24Cl2N2O3S. The average molecular weight is 503 g/mol. The molecule has 0 aliphatic heterocycles. The fourth-order valence-corrected chi connectivity index (χ4v) is 3.98. The second-order valence-electron chi connectivity index (χ2n) is 7.15. The fraction of sp³-hybridized carbons (Fsp3) is 0.200. The first-order chi connectivity index (χ1) is 15.9. The van der Waals surface area contributed by atoms with Gasteiger partial charge in [0, 0.05) is 17.1 Å². The highest BCUT2D eigenvalue weighted by Crippen LogP contribution is 2.29. The quantitative estimate of drug-likeness (QED) is 0.194. The highest BCUT2D eigenvalue weighted by molar-refractivity contribution is 7.99. The minimum absolute atomic E-state index is 0.139. The van der Waals surface area contributed by atoms with Crippen LogP contribution in [-0.4, -0.2) is 25.0 Å². The van der Waals surface area contributed by atoms with Crippen molar-refractivity contribution in [2.24, 2.45) is 5.10 Å². The molecule has 0 radical (unpaired) electrons. The summed E-state index contributed by atoms with van der Waals surface area (Å²) < 4.78 is 11.3. The first-order valence-electron chi connectivity index (χ1n) is 10.2. The van der Waals surface area contributed by atoms with E-state index in [1.54, 1.807) is 49.4 Å². The number of carbonyl (C=O) groups is 1. The van der Waals surface area contributed by atoms with Crippen molar-refractivity contribution >= 4 is 47.1 Å². The van der Waals surface area contributed by atoms with Gasteiger partial charge in [0.1, 0.15) is 6.61 Å². The average Bonchev–Trinajstić information content (AvgIpc) is 2.81. The number of nitrogens with zero attached hydrogens (tertiary/aromatic N) is 1. The van der Waals surface area contributed by atoms with Crippen LogP contribution in [0.15, 0.2) is 70.7 Å². The number of thioether (sulfide) groups is 1. The fourth-order valence-electron chi connectivity index (χ4n) is 2.81. The van der Waals surface area contributed by atoms with Crippen LogP contribution in [0.5, 0.6) is 11.5 Å². The summed E-state index contributed by atoms with van der Waals surface area (Å²) in [6.07, 6.45) is 1.94. The molecule has 1 N–H and O–H groups in total. The van der Waals surface area contributed by atoms with Gasteiger partial charge in [-0.05, 0) is 60.5 Å². The van der Waals surface area contributed by atoms with Gasteiger partial charge in [0.25, 0.3) is 0 Å². The number of halogens is 2. The molecular weight excluding hydrogens is 479 g/mol. The molecule has 0 spiro atoms. The number of ether oxygens (including phenoxy) is 2. The Morgan fingerprint density at radius 1 is 1.03 bits per heavy atom. The van der Waals surface area contributed by atoms with E-state index in [1.807, 2.05) is 19.1 Å². The SMILES string of the molecule is COc1cc(/C=N\NC(=O)CCSc2ccc(C)cc2)ccc1OCc1ccc(Cl)c(Cl)c1. The molecule has 0 heterocycles. The van der Waals surface area contributed by atoms with Crippen LogP contribution < -0.4 is 14.9 Å². The molecule has 3 aromatic carbocycles.